The lowest BCUT2D eigenvalue weighted by Gasteiger charge is -2.16. The van der Waals surface area contributed by atoms with Crippen LogP contribution >= 0.6 is 0 Å². The molecule has 35 heavy (non-hydrogen) atoms. The molecule has 0 saturated heterocycles. The Morgan fingerprint density at radius 1 is 0.914 bits per heavy atom. The number of unbranched alkanes of at least 4 members (excludes halogenated alkanes) is 1. The molecule has 1 aromatic heterocycles. The third kappa shape index (κ3) is 4.74. The molecule has 2 aliphatic rings. The Bertz CT molecular complexity index is 1580. The minimum Gasteiger partial charge on any atom is -0.330 e. The van der Waals surface area contributed by atoms with Crippen LogP contribution < -0.4 is 10.4 Å². The van der Waals surface area contributed by atoms with Gasteiger partial charge < -0.3 is 4.57 Å². The van der Waals surface area contributed by atoms with Gasteiger partial charge in [0.15, 0.2) is 0 Å². The predicted octanol–water partition coefficient (Wildman–Crippen LogP) is 4.65. The standard InChI is InChI=1S/C27H27N7O/c1-3-4-12-26-28-19(2)17-33(26)18-20-13-14-22(24(16-20)25-11-7-8-15-34(25)35)21-9-5-6-10-23(21)27-29-31-32-30-27/h5-11,13-17,35H,3-4,12,18H2,1-2H3. The maximum atomic E-state index is 10.7. The average Bonchev–Trinajstić information content (AvgIpc) is 3.53. The van der Waals surface area contributed by atoms with E-state index in [1.165, 1.54) is 0 Å². The van der Waals surface area contributed by atoms with Gasteiger partial charge in [-0.25, -0.2) is 10.0 Å². The summed E-state index contributed by atoms with van der Waals surface area (Å²) in [7, 11) is 0. The Balaban J connectivity index is 1.76. The molecule has 3 aromatic rings. The van der Waals surface area contributed by atoms with Crippen LogP contribution in [0.2, 0.25) is 0 Å². The molecule has 0 radical (unpaired) electrons. The van der Waals surface area contributed by atoms with Gasteiger partial charge in [0, 0.05) is 35.8 Å². The molecule has 0 amide bonds. The van der Waals surface area contributed by atoms with E-state index in [9.17, 15) is 5.21 Å². The number of benzene rings is 2. The third-order valence-corrected chi connectivity index (χ3v) is 6.06. The van der Waals surface area contributed by atoms with Crippen LogP contribution in [0.5, 0.6) is 0 Å². The van der Waals surface area contributed by atoms with Gasteiger partial charge in [0.25, 0.3) is 0 Å². The first-order valence-corrected chi connectivity index (χ1v) is 11.8. The fourth-order valence-electron chi connectivity index (χ4n) is 4.41. The van der Waals surface area contributed by atoms with Gasteiger partial charge >= 0.3 is 0 Å². The predicted molar refractivity (Wildman–Crippen MR) is 133 cm³/mol. The zero-order chi connectivity index (χ0) is 24.2. The molecule has 0 bridgehead atoms. The molecule has 0 aliphatic carbocycles. The van der Waals surface area contributed by atoms with E-state index in [1.807, 2.05) is 43.3 Å². The second kappa shape index (κ2) is 9.99. The number of hydrogen-bond donors (Lipinski definition) is 1. The average molecular weight is 466 g/mol. The Kier molecular flexibility index (Phi) is 6.45. The summed E-state index contributed by atoms with van der Waals surface area (Å²) in [5, 5.41) is 30.9. The normalized spacial score (nSPS) is 17.1. The van der Waals surface area contributed by atoms with Crippen molar-refractivity contribution in [3.8, 4) is 0 Å². The number of aromatic nitrogens is 2. The van der Waals surface area contributed by atoms with E-state index in [1.54, 1.807) is 12.3 Å². The number of aryl methyl sites for hydroxylation is 2. The van der Waals surface area contributed by atoms with E-state index >= 15 is 0 Å². The number of imidazole rings is 1. The molecule has 8 nitrogen and oxygen atoms in total. The van der Waals surface area contributed by atoms with E-state index in [4.69, 9.17) is 4.98 Å². The highest BCUT2D eigenvalue weighted by Gasteiger charge is 2.10. The lowest BCUT2D eigenvalue weighted by atomic mass is 10.1. The van der Waals surface area contributed by atoms with Crippen molar-refractivity contribution in [1.29, 1.82) is 0 Å². The van der Waals surface area contributed by atoms with E-state index in [0.717, 1.165) is 62.3 Å². The smallest absolute Gasteiger partial charge is 0.207 e. The van der Waals surface area contributed by atoms with Crippen molar-refractivity contribution in [3.05, 3.63) is 111 Å². The fraction of sp³-hybridized carbons (Fsp3) is 0.222. The first-order chi connectivity index (χ1) is 17.1. The summed E-state index contributed by atoms with van der Waals surface area (Å²) in [6.07, 6.45) is 12.6. The van der Waals surface area contributed by atoms with Crippen LogP contribution in [0, 0.1) is 17.4 Å². The van der Waals surface area contributed by atoms with E-state index < -0.39 is 0 Å². The number of hydrogen-bond acceptors (Lipinski definition) is 7. The van der Waals surface area contributed by atoms with Gasteiger partial charge in [-0.2, -0.15) is 0 Å². The first-order valence-electron chi connectivity index (χ1n) is 11.8. The van der Waals surface area contributed by atoms with Gasteiger partial charge in [-0.15, -0.1) is 10.2 Å². The number of rotatable bonds is 5. The minimum atomic E-state index is 0.468. The lowest BCUT2D eigenvalue weighted by Crippen LogP contribution is -2.22. The fourth-order valence-corrected chi connectivity index (χ4v) is 4.41. The molecular formula is C27H27N7O. The summed E-state index contributed by atoms with van der Waals surface area (Å²) in [4.78, 5) is 4.74. The highest BCUT2D eigenvalue weighted by molar-refractivity contribution is 5.58. The topological polar surface area (TPSA) is 90.7 Å². The maximum Gasteiger partial charge on any atom is 0.207 e. The molecule has 2 aromatic carbocycles. The molecule has 3 heterocycles. The third-order valence-electron chi connectivity index (χ3n) is 6.06. The van der Waals surface area contributed by atoms with Gasteiger partial charge in [-0.1, -0.05) is 55.8 Å². The van der Waals surface area contributed by atoms with Gasteiger partial charge in [-0.3, -0.25) is 5.21 Å². The number of nitrogens with zero attached hydrogens (tertiary/aromatic N) is 7. The highest BCUT2D eigenvalue weighted by Crippen LogP contribution is 2.14. The summed E-state index contributed by atoms with van der Waals surface area (Å²) in [6.45, 7) is 4.93. The summed E-state index contributed by atoms with van der Waals surface area (Å²) < 4.78 is 2.23. The summed E-state index contributed by atoms with van der Waals surface area (Å²) >= 11 is 0. The quantitative estimate of drug-likeness (QED) is 0.595. The van der Waals surface area contributed by atoms with Crippen LogP contribution in [0.1, 0.15) is 36.8 Å². The zero-order valence-electron chi connectivity index (χ0n) is 19.8. The first kappa shape index (κ1) is 22.6. The van der Waals surface area contributed by atoms with Crippen LogP contribution in [0.15, 0.2) is 93.8 Å². The molecule has 0 spiro atoms. The molecule has 8 heteroatoms. The van der Waals surface area contributed by atoms with Crippen molar-refractivity contribution < 1.29 is 5.21 Å². The Morgan fingerprint density at radius 2 is 1.69 bits per heavy atom. The molecule has 0 unspecified atom stereocenters. The van der Waals surface area contributed by atoms with Gasteiger partial charge in [0.1, 0.15) is 5.82 Å². The van der Waals surface area contributed by atoms with E-state index in [2.05, 4.69) is 56.6 Å². The Morgan fingerprint density at radius 3 is 2.46 bits per heavy atom. The molecule has 2 aliphatic heterocycles. The van der Waals surface area contributed by atoms with E-state index in [-0.39, 0.29) is 0 Å². The molecule has 176 valence electrons. The number of hydroxylamine groups is 2. The van der Waals surface area contributed by atoms with Gasteiger partial charge in [-0.05, 0) is 58.0 Å². The van der Waals surface area contributed by atoms with Crippen LogP contribution in [0.4, 0.5) is 0 Å². The molecule has 1 N–H and O–H groups in total. The van der Waals surface area contributed by atoms with Crippen molar-refractivity contribution in [3.63, 3.8) is 0 Å². The Labute approximate surface area is 202 Å². The Hall–Kier alpha value is -4.17. The summed E-state index contributed by atoms with van der Waals surface area (Å²) in [5.41, 5.74) is 2.83. The van der Waals surface area contributed by atoms with E-state index in [0.29, 0.717) is 18.1 Å². The zero-order valence-corrected chi connectivity index (χ0v) is 19.8. The molecule has 0 saturated carbocycles. The van der Waals surface area contributed by atoms with Crippen LogP contribution in [0.3, 0.4) is 0 Å². The second-order valence-corrected chi connectivity index (χ2v) is 8.59. The van der Waals surface area contributed by atoms with Crippen LogP contribution in [-0.2, 0) is 13.0 Å². The van der Waals surface area contributed by atoms with Crippen molar-refractivity contribution in [2.45, 2.75) is 39.7 Å². The van der Waals surface area contributed by atoms with Crippen molar-refractivity contribution in [2.24, 2.45) is 20.7 Å². The van der Waals surface area contributed by atoms with Gasteiger partial charge in [0.2, 0.25) is 5.82 Å². The van der Waals surface area contributed by atoms with Crippen LogP contribution in [0.25, 0.3) is 11.5 Å². The van der Waals surface area contributed by atoms with Crippen molar-refractivity contribution in [2.75, 3.05) is 0 Å². The second-order valence-electron chi connectivity index (χ2n) is 8.59. The molecule has 0 atom stereocenters. The molecular weight excluding hydrogens is 438 g/mol. The van der Waals surface area contributed by atoms with Crippen molar-refractivity contribution in [1.82, 2.24) is 14.6 Å². The minimum absolute atomic E-state index is 0.468. The highest BCUT2D eigenvalue weighted by atomic mass is 16.5. The maximum absolute atomic E-state index is 10.7. The largest absolute Gasteiger partial charge is 0.330 e. The SMILES string of the molecule is CCCCc1nc(C)cn1Cc1ccc(=c2ccccc2=C2N=NN=N2)c(=C2C=CC=CN2O)c1. The van der Waals surface area contributed by atoms with Crippen LogP contribution in [-0.4, -0.2) is 19.8 Å². The summed E-state index contributed by atoms with van der Waals surface area (Å²) in [5.74, 6) is 1.57. The monoisotopic (exact) mass is 465 g/mol. The van der Waals surface area contributed by atoms with Crippen molar-refractivity contribution >= 4 is 11.5 Å². The number of allylic oxidation sites excluding steroid dienone is 2. The van der Waals surface area contributed by atoms with Gasteiger partial charge in [0.05, 0.1) is 11.4 Å². The summed E-state index contributed by atoms with van der Waals surface area (Å²) in [6, 6.07) is 14.3. The lowest BCUT2D eigenvalue weighted by molar-refractivity contribution is 0.0241. The molecule has 0 fully saturated rings. The molecule has 5 rings (SSSR count).